The SMILES string of the molecule is CCOC(=O)c1nn(-c2ccccc2C)c(=O)cc1OCC(=O)Nc1cc(C(F)(F)F)cc(C(F)(F)F)c1. The Morgan fingerprint density at radius 1 is 0.974 bits per heavy atom. The summed E-state index contributed by atoms with van der Waals surface area (Å²) < 4.78 is 89.4. The van der Waals surface area contributed by atoms with Gasteiger partial charge < -0.3 is 14.8 Å². The number of para-hydroxylation sites is 1. The van der Waals surface area contributed by atoms with E-state index in [1.54, 1.807) is 31.2 Å². The third kappa shape index (κ3) is 6.69. The lowest BCUT2D eigenvalue weighted by molar-refractivity contribution is -0.143. The van der Waals surface area contributed by atoms with Gasteiger partial charge in [0.2, 0.25) is 5.69 Å². The summed E-state index contributed by atoms with van der Waals surface area (Å²) in [6.45, 7) is 2.15. The number of rotatable bonds is 7. The molecule has 1 heterocycles. The molecule has 0 spiro atoms. The van der Waals surface area contributed by atoms with E-state index in [0.29, 0.717) is 23.4 Å². The normalized spacial score (nSPS) is 11.7. The molecule has 0 aliphatic heterocycles. The average molecular weight is 543 g/mol. The molecule has 3 rings (SSSR count). The van der Waals surface area contributed by atoms with Crippen LogP contribution >= 0.6 is 0 Å². The van der Waals surface area contributed by atoms with E-state index in [4.69, 9.17) is 9.47 Å². The van der Waals surface area contributed by atoms with Crippen molar-refractivity contribution in [3.8, 4) is 11.4 Å². The van der Waals surface area contributed by atoms with Crippen LogP contribution in [0.3, 0.4) is 0 Å². The first-order chi connectivity index (χ1) is 17.7. The Labute approximate surface area is 210 Å². The molecular formula is C24H19F6N3O5. The van der Waals surface area contributed by atoms with Gasteiger partial charge in [-0.25, -0.2) is 4.79 Å². The van der Waals surface area contributed by atoms with Crippen molar-refractivity contribution in [3.05, 3.63) is 81.3 Å². The molecule has 0 radical (unpaired) electrons. The summed E-state index contributed by atoms with van der Waals surface area (Å²) in [7, 11) is 0. The van der Waals surface area contributed by atoms with E-state index in [9.17, 15) is 40.7 Å². The molecule has 0 bridgehead atoms. The van der Waals surface area contributed by atoms with Crippen molar-refractivity contribution in [1.29, 1.82) is 0 Å². The van der Waals surface area contributed by atoms with Gasteiger partial charge >= 0.3 is 18.3 Å². The number of esters is 1. The maximum Gasteiger partial charge on any atom is 0.416 e. The molecule has 0 fully saturated rings. The number of nitrogens with zero attached hydrogens (tertiary/aromatic N) is 2. The van der Waals surface area contributed by atoms with Gasteiger partial charge in [-0.3, -0.25) is 9.59 Å². The van der Waals surface area contributed by atoms with Crippen LogP contribution in [0, 0.1) is 6.92 Å². The molecule has 3 aromatic rings. The molecule has 1 aromatic heterocycles. The van der Waals surface area contributed by atoms with Gasteiger partial charge in [-0.1, -0.05) is 18.2 Å². The zero-order valence-corrected chi connectivity index (χ0v) is 19.7. The number of anilines is 1. The number of carbonyl (C=O) groups is 2. The Morgan fingerprint density at radius 3 is 2.13 bits per heavy atom. The minimum atomic E-state index is -5.11. The lowest BCUT2D eigenvalue weighted by Crippen LogP contribution is -2.27. The lowest BCUT2D eigenvalue weighted by atomic mass is 10.1. The quantitative estimate of drug-likeness (QED) is 0.341. The van der Waals surface area contributed by atoms with Crippen molar-refractivity contribution >= 4 is 17.6 Å². The molecule has 2 aromatic carbocycles. The Kier molecular flexibility index (Phi) is 8.13. The summed E-state index contributed by atoms with van der Waals surface area (Å²) in [4.78, 5) is 37.4. The Morgan fingerprint density at radius 2 is 1.58 bits per heavy atom. The van der Waals surface area contributed by atoms with Crippen molar-refractivity contribution in [2.75, 3.05) is 18.5 Å². The van der Waals surface area contributed by atoms with E-state index in [1.165, 1.54) is 6.92 Å². The van der Waals surface area contributed by atoms with Crippen LogP contribution in [0.1, 0.15) is 34.1 Å². The van der Waals surface area contributed by atoms with Crippen molar-refractivity contribution in [2.24, 2.45) is 0 Å². The summed E-state index contributed by atoms with van der Waals surface area (Å²) in [5.74, 6) is -2.65. The first-order valence-corrected chi connectivity index (χ1v) is 10.8. The minimum Gasteiger partial charge on any atom is -0.481 e. The molecule has 38 heavy (non-hydrogen) atoms. The van der Waals surface area contributed by atoms with E-state index < -0.39 is 64.7 Å². The molecule has 1 N–H and O–H groups in total. The number of carbonyl (C=O) groups excluding carboxylic acids is 2. The van der Waals surface area contributed by atoms with Crippen molar-refractivity contribution in [3.63, 3.8) is 0 Å². The first-order valence-electron chi connectivity index (χ1n) is 10.8. The lowest BCUT2D eigenvalue weighted by Gasteiger charge is -2.15. The smallest absolute Gasteiger partial charge is 0.416 e. The molecule has 0 aliphatic rings. The molecule has 14 heteroatoms. The fraction of sp³-hybridized carbons (Fsp3) is 0.250. The van der Waals surface area contributed by atoms with E-state index in [0.717, 1.165) is 10.7 Å². The minimum absolute atomic E-state index is 0.0684. The van der Waals surface area contributed by atoms with Crippen LogP contribution in [0.25, 0.3) is 5.69 Å². The predicted octanol–water partition coefficient (Wildman–Crippen LogP) is 4.77. The molecule has 0 saturated heterocycles. The highest BCUT2D eigenvalue weighted by atomic mass is 19.4. The van der Waals surface area contributed by atoms with Gasteiger partial charge in [0.25, 0.3) is 11.5 Å². The number of nitrogens with one attached hydrogen (secondary N) is 1. The molecule has 8 nitrogen and oxygen atoms in total. The van der Waals surface area contributed by atoms with Crippen LogP contribution in [0.5, 0.6) is 5.75 Å². The number of aryl methyl sites for hydroxylation is 1. The molecule has 202 valence electrons. The molecule has 0 aliphatic carbocycles. The van der Waals surface area contributed by atoms with Gasteiger partial charge in [0.15, 0.2) is 12.4 Å². The van der Waals surface area contributed by atoms with Crippen molar-refractivity contribution in [2.45, 2.75) is 26.2 Å². The number of alkyl halides is 6. The third-order valence-corrected chi connectivity index (χ3v) is 4.94. The highest BCUT2D eigenvalue weighted by Crippen LogP contribution is 2.37. The Hall–Kier alpha value is -4.36. The number of ether oxygens (including phenoxy) is 2. The molecule has 0 saturated carbocycles. The second-order valence-corrected chi connectivity index (χ2v) is 7.75. The van der Waals surface area contributed by atoms with Crippen LogP contribution in [0.2, 0.25) is 0 Å². The summed E-state index contributed by atoms with van der Waals surface area (Å²) in [6, 6.07) is 8.01. The monoisotopic (exact) mass is 543 g/mol. The van der Waals surface area contributed by atoms with E-state index in [2.05, 4.69) is 5.10 Å². The second kappa shape index (κ2) is 10.9. The number of hydrogen-bond donors (Lipinski definition) is 1. The number of benzene rings is 2. The number of halogens is 6. The zero-order valence-electron chi connectivity index (χ0n) is 19.7. The van der Waals surface area contributed by atoms with Crippen molar-refractivity contribution < 1.29 is 45.4 Å². The van der Waals surface area contributed by atoms with Gasteiger partial charge in [-0.2, -0.15) is 36.1 Å². The summed E-state index contributed by atoms with van der Waals surface area (Å²) in [5, 5.41) is 5.87. The highest BCUT2D eigenvalue weighted by molar-refractivity contribution is 5.93. The Balaban J connectivity index is 1.89. The topological polar surface area (TPSA) is 99.5 Å². The average Bonchev–Trinajstić information content (AvgIpc) is 2.82. The Bertz CT molecular complexity index is 1380. The van der Waals surface area contributed by atoms with Gasteiger partial charge in [-0.05, 0) is 43.7 Å². The molecule has 0 unspecified atom stereocenters. The first kappa shape index (κ1) is 28.2. The number of hydrogen-bond acceptors (Lipinski definition) is 6. The van der Waals surface area contributed by atoms with Gasteiger partial charge in [-0.15, -0.1) is 0 Å². The van der Waals surface area contributed by atoms with Crippen LogP contribution in [0.4, 0.5) is 32.0 Å². The second-order valence-electron chi connectivity index (χ2n) is 7.75. The van der Waals surface area contributed by atoms with E-state index in [-0.39, 0.29) is 12.7 Å². The maximum absolute atomic E-state index is 13.1. The fourth-order valence-corrected chi connectivity index (χ4v) is 3.23. The predicted molar refractivity (Wildman–Crippen MR) is 121 cm³/mol. The summed E-state index contributed by atoms with van der Waals surface area (Å²) >= 11 is 0. The van der Waals surface area contributed by atoms with Crippen LogP contribution in [0.15, 0.2) is 53.3 Å². The molecular weight excluding hydrogens is 524 g/mol. The highest BCUT2D eigenvalue weighted by Gasteiger charge is 2.37. The number of aromatic nitrogens is 2. The largest absolute Gasteiger partial charge is 0.481 e. The zero-order chi connectivity index (χ0) is 28.3. The van der Waals surface area contributed by atoms with Crippen LogP contribution in [-0.2, 0) is 21.9 Å². The van der Waals surface area contributed by atoms with Crippen LogP contribution in [-0.4, -0.2) is 34.9 Å². The standard InChI is InChI=1S/C24H19F6N3O5/c1-3-37-22(36)21-18(11-20(35)33(32-21)17-7-5-4-6-13(17)2)38-12-19(34)31-16-9-14(23(25,26)27)8-15(10-16)24(28,29)30/h4-11H,3,12H2,1-2H3,(H,31,34). The summed E-state index contributed by atoms with van der Waals surface area (Å²) in [5.41, 5.74) is -4.30. The van der Waals surface area contributed by atoms with E-state index in [1.807, 2.05) is 5.32 Å². The molecule has 1 amide bonds. The van der Waals surface area contributed by atoms with Gasteiger partial charge in [0, 0.05) is 5.69 Å². The fourth-order valence-electron chi connectivity index (χ4n) is 3.23. The third-order valence-electron chi connectivity index (χ3n) is 4.94. The summed E-state index contributed by atoms with van der Waals surface area (Å²) in [6.07, 6.45) is -10.2. The van der Waals surface area contributed by atoms with E-state index >= 15 is 0 Å². The maximum atomic E-state index is 13.1. The van der Waals surface area contributed by atoms with Crippen LogP contribution < -0.4 is 15.6 Å². The molecule has 0 atom stereocenters. The van der Waals surface area contributed by atoms with Gasteiger partial charge in [0.1, 0.15) is 0 Å². The number of amides is 1. The van der Waals surface area contributed by atoms with Gasteiger partial charge in [0.05, 0.1) is 29.5 Å². The van der Waals surface area contributed by atoms with Crippen molar-refractivity contribution in [1.82, 2.24) is 9.78 Å².